The molecule has 0 atom stereocenters. The van der Waals surface area contributed by atoms with Gasteiger partial charge in [0.1, 0.15) is 0 Å². The van der Waals surface area contributed by atoms with Crippen LogP contribution < -0.4 is 5.32 Å². The largest absolute Gasteiger partial charge is 0.356 e. The Bertz CT molecular complexity index is 468. The molecule has 18 heavy (non-hydrogen) atoms. The van der Waals surface area contributed by atoms with E-state index in [9.17, 15) is 4.79 Å². The Morgan fingerprint density at radius 1 is 1.28 bits per heavy atom. The molecule has 0 aliphatic heterocycles. The van der Waals surface area contributed by atoms with E-state index in [-0.39, 0.29) is 5.91 Å². The lowest BCUT2D eigenvalue weighted by Crippen LogP contribution is -2.26. The van der Waals surface area contributed by atoms with Crippen LogP contribution in [0.3, 0.4) is 0 Å². The fourth-order valence-corrected chi connectivity index (χ4v) is 2.36. The zero-order valence-corrected chi connectivity index (χ0v) is 11.0. The first-order chi connectivity index (χ1) is 8.84. The van der Waals surface area contributed by atoms with Crippen LogP contribution in [0.25, 0.3) is 0 Å². The molecule has 0 saturated carbocycles. The Balaban J connectivity index is 1.63. The van der Waals surface area contributed by atoms with Gasteiger partial charge in [-0.15, -0.1) is 0 Å². The van der Waals surface area contributed by atoms with E-state index < -0.39 is 0 Å². The van der Waals surface area contributed by atoms with Crippen LogP contribution in [0, 0.1) is 0 Å². The third-order valence-corrected chi connectivity index (χ3v) is 3.38. The number of thiophene rings is 1. The van der Waals surface area contributed by atoms with Gasteiger partial charge >= 0.3 is 0 Å². The summed E-state index contributed by atoms with van der Waals surface area (Å²) in [5.74, 6) is 0.108. The maximum Gasteiger partial charge on any atom is 0.220 e. The van der Waals surface area contributed by atoms with E-state index in [1.807, 2.05) is 23.6 Å². The molecule has 2 rings (SSSR count). The number of nitrogens with zero attached hydrogens (tertiary/aromatic N) is 1. The highest BCUT2D eigenvalue weighted by Gasteiger charge is 2.02. The molecule has 0 unspecified atom stereocenters. The van der Waals surface area contributed by atoms with Crippen molar-refractivity contribution >= 4 is 17.2 Å². The van der Waals surface area contributed by atoms with Crippen LogP contribution in [0.4, 0.5) is 0 Å². The monoisotopic (exact) mass is 260 g/mol. The summed E-state index contributed by atoms with van der Waals surface area (Å²) in [6.45, 7) is 0.652. The van der Waals surface area contributed by atoms with Crippen molar-refractivity contribution in [2.24, 2.45) is 0 Å². The van der Waals surface area contributed by atoms with E-state index in [2.05, 4.69) is 21.7 Å². The topological polar surface area (TPSA) is 42.0 Å². The van der Waals surface area contributed by atoms with Gasteiger partial charge in [-0.25, -0.2) is 0 Å². The van der Waals surface area contributed by atoms with Crippen molar-refractivity contribution in [2.45, 2.75) is 19.3 Å². The number of hydrogen-bond acceptors (Lipinski definition) is 3. The smallest absolute Gasteiger partial charge is 0.220 e. The van der Waals surface area contributed by atoms with E-state index in [0.717, 1.165) is 18.5 Å². The molecule has 0 aliphatic carbocycles. The summed E-state index contributed by atoms with van der Waals surface area (Å²) in [6, 6.07) is 7.88. The van der Waals surface area contributed by atoms with E-state index in [1.165, 1.54) is 5.56 Å². The summed E-state index contributed by atoms with van der Waals surface area (Å²) in [5, 5.41) is 7.04. The average molecular weight is 260 g/mol. The second kappa shape index (κ2) is 6.91. The summed E-state index contributed by atoms with van der Waals surface area (Å²) in [4.78, 5) is 15.8. The quantitative estimate of drug-likeness (QED) is 0.866. The molecule has 3 nitrogen and oxygen atoms in total. The second-order valence-corrected chi connectivity index (χ2v) is 4.83. The average Bonchev–Trinajstić information content (AvgIpc) is 2.91. The highest BCUT2D eigenvalue weighted by atomic mass is 32.1. The molecule has 0 aromatic carbocycles. The molecule has 2 aromatic heterocycles. The number of carbonyl (C=O) groups is 1. The Hall–Kier alpha value is -1.68. The summed E-state index contributed by atoms with van der Waals surface area (Å²) in [6.07, 6.45) is 3.93. The molecular weight excluding hydrogens is 244 g/mol. The van der Waals surface area contributed by atoms with Gasteiger partial charge in [0.25, 0.3) is 0 Å². The Kier molecular flexibility index (Phi) is 4.90. The number of amides is 1. The molecule has 94 valence electrons. The van der Waals surface area contributed by atoms with Gasteiger partial charge in [0.05, 0.1) is 0 Å². The van der Waals surface area contributed by atoms with Gasteiger partial charge in [-0.05, 0) is 40.9 Å². The molecular formula is C14H16N2OS. The highest BCUT2D eigenvalue weighted by Crippen LogP contribution is 2.08. The number of aryl methyl sites for hydroxylation is 1. The summed E-state index contributed by atoms with van der Waals surface area (Å²) in [7, 11) is 0. The maximum absolute atomic E-state index is 11.6. The predicted octanol–water partition coefficient (Wildman–Crippen LogP) is 2.43. The minimum atomic E-state index is 0.108. The van der Waals surface area contributed by atoms with E-state index in [1.54, 1.807) is 17.5 Å². The van der Waals surface area contributed by atoms with Crippen LogP contribution in [0.1, 0.15) is 17.7 Å². The lowest BCUT2D eigenvalue weighted by molar-refractivity contribution is -0.121. The molecule has 0 spiro atoms. The number of pyridine rings is 1. The molecule has 0 radical (unpaired) electrons. The first-order valence-corrected chi connectivity index (χ1v) is 6.96. The normalized spacial score (nSPS) is 10.2. The first kappa shape index (κ1) is 12.8. The fourth-order valence-electron chi connectivity index (χ4n) is 1.66. The molecule has 0 fully saturated rings. The molecule has 0 saturated heterocycles. The molecule has 2 aromatic rings. The summed E-state index contributed by atoms with van der Waals surface area (Å²) >= 11 is 1.67. The van der Waals surface area contributed by atoms with Crippen LogP contribution in [-0.4, -0.2) is 17.4 Å². The minimum absolute atomic E-state index is 0.108. The van der Waals surface area contributed by atoms with Crippen LogP contribution in [0.5, 0.6) is 0 Å². The van der Waals surface area contributed by atoms with E-state index in [0.29, 0.717) is 13.0 Å². The first-order valence-electron chi connectivity index (χ1n) is 6.02. The van der Waals surface area contributed by atoms with E-state index in [4.69, 9.17) is 0 Å². The highest BCUT2D eigenvalue weighted by molar-refractivity contribution is 7.07. The van der Waals surface area contributed by atoms with Crippen molar-refractivity contribution in [1.82, 2.24) is 10.3 Å². The summed E-state index contributed by atoms with van der Waals surface area (Å²) < 4.78 is 0. The van der Waals surface area contributed by atoms with Gasteiger partial charge in [-0.2, -0.15) is 11.3 Å². The lowest BCUT2D eigenvalue weighted by Gasteiger charge is -2.04. The number of aromatic nitrogens is 1. The van der Waals surface area contributed by atoms with Gasteiger partial charge in [0.15, 0.2) is 0 Å². The SMILES string of the molecule is O=C(CCc1ccsc1)NCCc1ccccn1. The van der Waals surface area contributed by atoms with Crippen molar-refractivity contribution in [2.75, 3.05) is 6.54 Å². The predicted molar refractivity (Wildman–Crippen MR) is 73.6 cm³/mol. The second-order valence-electron chi connectivity index (χ2n) is 4.05. The standard InChI is InChI=1S/C14H16N2OS/c17-14(5-4-12-7-10-18-11-12)16-9-6-13-3-1-2-8-15-13/h1-3,7-8,10-11H,4-6,9H2,(H,16,17). The third kappa shape index (κ3) is 4.30. The molecule has 2 heterocycles. The summed E-state index contributed by atoms with van der Waals surface area (Å²) in [5.41, 5.74) is 2.25. The van der Waals surface area contributed by atoms with Crippen LogP contribution in [0.15, 0.2) is 41.2 Å². The van der Waals surface area contributed by atoms with Gasteiger partial charge in [-0.3, -0.25) is 9.78 Å². The maximum atomic E-state index is 11.6. The molecule has 4 heteroatoms. The lowest BCUT2D eigenvalue weighted by atomic mass is 10.2. The van der Waals surface area contributed by atoms with Gasteiger partial charge in [-0.1, -0.05) is 6.07 Å². The third-order valence-electron chi connectivity index (χ3n) is 2.65. The van der Waals surface area contributed by atoms with Gasteiger partial charge < -0.3 is 5.32 Å². The van der Waals surface area contributed by atoms with Crippen molar-refractivity contribution < 1.29 is 4.79 Å². The number of rotatable bonds is 6. The Morgan fingerprint density at radius 3 is 2.94 bits per heavy atom. The van der Waals surface area contributed by atoms with Crippen molar-refractivity contribution in [3.05, 3.63) is 52.5 Å². The molecule has 1 N–H and O–H groups in total. The van der Waals surface area contributed by atoms with Crippen molar-refractivity contribution in [1.29, 1.82) is 0 Å². The number of nitrogens with one attached hydrogen (secondary N) is 1. The van der Waals surface area contributed by atoms with Crippen LogP contribution in [-0.2, 0) is 17.6 Å². The zero-order chi connectivity index (χ0) is 12.6. The zero-order valence-electron chi connectivity index (χ0n) is 10.1. The Labute approximate surface area is 111 Å². The van der Waals surface area contributed by atoms with E-state index >= 15 is 0 Å². The van der Waals surface area contributed by atoms with Gasteiger partial charge in [0.2, 0.25) is 5.91 Å². The number of carbonyl (C=O) groups excluding carboxylic acids is 1. The van der Waals surface area contributed by atoms with Gasteiger partial charge in [0, 0.05) is 31.3 Å². The Morgan fingerprint density at radius 2 is 2.22 bits per heavy atom. The van der Waals surface area contributed by atoms with Crippen molar-refractivity contribution in [3.8, 4) is 0 Å². The molecule has 0 bridgehead atoms. The van der Waals surface area contributed by atoms with Crippen LogP contribution >= 0.6 is 11.3 Å². The van der Waals surface area contributed by atoms with Crippen LogP contribution in [0.2, 0.25) is 0 Å². The fraction of sp³-hybridized carbons (Fsp3) is 0.286. The minimum Gasteiger partial charge on any atom is -0.356 e. The number of hydrogen-bond donors (Lipinski definition) is 1. The molecule has 1 amide bonds. The van der Waals surface area contributed by atoms with Crippen molar-refractivity contribution in [3.63, 3.8) is 0 Å². The molecule has 0 aliphatic rings.